The molecule has 2 aromatic rings. The molecule has 0 fully saturated rings. The molecule has 0 saturated heterocycles. The van der Waals surface area contributed by atoms with Gasteiger partial charge in [-0.2, -0.15) is 0 Å². The minimum atomic E-state index is 0.116. The largest absolute Gasteiger partial charge is 0.461 e. The molecule has 0 radical (unpaired) electrons. The van der Waals surface area contributed by atoms with Crippen LogP contribution in [0.3, 0.4) is 0 Å². The van der Waals surface area contributed by atoms with Crippen LogP contribution in [0.5, 0.6) is 0 Å². The number of furan rings is 1. The van der Waals surface area contributed by atoms with Gasteiger partial charge in [0.15, 0.2) is 16.7 Å². The van der Waals surface area contributed by atoms with Crippen LogP contribution in [0.4, 0.5) is 0 Å². The molecule has 0 saturated carbocycles. The molecule has 2 rings (SSSR count). The zero-order valence-corrected chi connectivity index (χ0v) is 15.1. The third-order valence-electron chi connectivity index (χ3n) is 3.50. The summed E-state index contributed by atoms with van der Waals surface area (Å²) < 4.78 is 7.36. The molecular formula is C16H24N4O2S. The van der Waals surface area contributed by atoms with Crippen LogP contribution in [0.15, 0.2) is 28.0 Å². The van der Waals surface area contributed by atoms with Crippen LogP contribution in [0.25, 0.3) is 11.6 Å². The van der Waals surface area contributed by atoms with Crippen molar-refractivity contribution in [2.75, 3.05) is 5.75 Å². The molecule has 0 atom stereocenters. The molecule has 2 aromatic heterocycles. The van der Waals surface area contributed by atoms with E-state index in [4.69, 9.17) is 4.42 Å². The van der Waals surface area contributed by atoms with E-state index in [1.54, 1.807) is 6.26 Å². The molecule has 0 aromatic carbocycles. The lowest BCUT2D eigenvalue weighted by Crippen LogP contribution is -2.43. The fourth-order valence-electron chi connectivity index (χ4n) is 2.64. The molecule has 0 N–H and O–H groups in total. The van der Waals surface area contributed by atoms with E-state index in [1.165, 1.54) is 11.8 Å². The molecule has 0 bridgehead atoms. The Morgan fingerprint density at radius 2 is 2.00 bits per heavy atom. The lowest BCUT2D eigenvalue weighted by molar-refractivity contribution is -0.131. The monoisotopic (exact) mass is 336 g/mol. The molecule has 6 nitrogen and oxygen atoms in total. The predicted molar refractivity (Wildman–Crippen MR) is 91.2 cm³/mol. The van der Waals surface area contributed by atoms with Crippen LogP contribution in [-0.2, 0) is 11.3 Å². The van der Waals surface area contributed by atoms with Gasteiger partial charge in [-0.05, 0) is 46.8 Å². The van der Waals surface area contributed by atoms with Crippen molar-refractivity contribution in [2.45, 2.75) is 58.4 Å². The molecule has 2 heterocycles. The maximum atomic E-state index is 12.5. The van der Waals surface area contributed by atoms with Crippen molar-refractivity contribution in [2.24, 2.45) is 0 Å². The van der Waals surface area contributed by atoms with Crippen molar-refractivity contribution >= 4 is 17.7 Å². The third-order valence-corrected chi connectivity index (χ3v) is 4.45. The van der Waals surface area contributed by atoms with E-state index in [9.17, 15) is 4.79 Å². The first-order chi connectivity index (χ1) is 11.0. The van der Waals surface area contributed by atoms with E-state index in [0.29, 0.717) is 17.3 Å². The molecule has 1 amide bonds. The third kappa shape index (κ3) is 3.96. The quantitative estimate of drug-likeness (QED) is 0.726. The first-order valence-electron chi connectivity index (χ1n) is 7.86. The number of carbonyl (C=O) groups is 1. The van der Waals surface area contributed by atoms with Gasteiger partial charge in [-0.1, -0.05) is 11.8 Å². The van der Waals surface area contributed by atoms with Crippen molar-refractivity contribution in [1.82, 2.24) is 19.7 Å². The highest BCUT2D eigenvalue weighted by Crippen LogP contribution is 2.24. The standard InChI is InChI=1S/C16H24N4O2S/c1-6-19-15(13-8-7-9-22-13)17-18-16(19)23-10-14(21)20(11(2)3)12(4)5/h7-9,11-12H,6,10H2,1-5H3. The van der Waals surface area contributed by atoms with Gasteiger partial charge in [0.2, 0.25) is 5.91 Å². The van der Waals surface area contributed by atoms with E-state index in [2.05, 4.69) is 10.2 Å². The number of carbonyl (C=O) groups excluding carboxylic acids is 1. The number of hydrogen-bond donors (Lipinski definition) is 0. The van der Waals surface area contributed by atoms with Gasteiger partial charge in [0.05, 0.1) is 12.0 Å². The Kier molecular flexibility index (Phi) is 5.87. The summed E-state index contributed by atoms with van der Waals surface area (Å²) in [4.78, 5) is 14.4. The number of rotatable bonds is 7. The van der Waals surface area contributed by atoms with E-state index >= 15 is 0 Å². The molecule has 126 valence electrons. The summed E-state index contributed by atoms with van der Waals surface area (Å²) in [6.07, 6.45) is 1.61. The number of nitrogens with zero attached hydrogens (tertiary/aromatic N) is 4. The molecule has 0 aliphatic carbocycles. The van der Waals surface area contributed by atoms with Gasteiger partial charge in [-0.25, -0.2) is 0 Å². The summed E-state index contributed by atoms with van der Waals surface area (Å²) in [5.74, 6) is 1.85. The topological polar surface area (TPSA) is 64.2 Å². The van der Waals surface area contributed by atoms with Crippen molar-refractivity contribution in [3.8, 4) is 11.6 Å². The normalized spacial score (nSPS) is 11.4. The number of aromatic nitrogens is 3. The van der Waals surface area contributed by atoms with Gasteiger partial charge in [-0.3, -0.25) is 9.36 Å². The average molecular weight is 336 g/mol. The van der Waals surface area contributed by atoms with Crippen LogP contribution >= 0.6 is 11.8 Å². The molecule has 23 heavy (non-hydrogen) atoms. The fraction of sp³-hybridized carbons (Fsp3) is 0.562. The van der Waals surface area contributed by atoms with Crippen LogP contribution in [0.2, 0.25) is 0 Å². The van der Waals surface area contributed by atoms with E-state index in [-0.39, 0.29) is 18.0 Å². The smallest absolute Gasteiger partial charge is 0.233 e. The Bertz CT molecular complexity index is 627. The SMILES string of the molecule is CCn1c(SCC(=O)N(C(C)C)C(C)C)nnc1-c1ccco1. The van der Waals surface area contributed by atoms with E-state index in [1.807, 2.05) is 56.2 Å². The van der Waals surface area contributed by atoms with Crippen LogP contribution in [0.1, 0.15) is 34.6 Å². The second-order valence-corrected chi connectivity index (χ2v) is 6.75. The summed E-state index contributed by atoms with van der Waals surface area (Å²) in [6.45, 7) is 10.9. The predicted octanol–water partition coefficient (Wildman–Crippen LogP) is 3.30. The van der Waals surface area contributed by atoms with Crippen LogP contribution in [0, 0.1) is 0 Å². The first kappa shape index (κ1) is 17.6. The summed E-state index contributed by atoms with van der Waals surface area (Å²) in [7, 11) is 0. The zero-order valence-electron chi connectivity index (χ0n) is 14.3. The summed E-state index contributed by atoms with van der Waals surface area (Å²) >= 11 is 1.42. The number of hydrogen-bond acceptors (Lipinski definition) is 5. The lowest BCUT2D eigenvalue weighted by Gasteiger charge is -2.30. The summed E-state index contributed by atoms with van der Waals surface area (Å²) in [5, 5.41) is 9.14. The first-order valence-corrected chi connectivity index (χ1v) is 8.85. The maximum Gasteiger partial charge on any atom is 0.233 e. The van der Waals surface area contributed by atoms with E-state index < -0.39 is 0 Å². The molecule has 0 aliphatic heterocycles. The van der Waals surface area contributed by atoms with Gasteiger partial charge in [0.25, 0.3) is 0 Å². The van der Waals surface area contributed by atoms with Gasteiger partial charge in [-0.15, -0.1) is 10.2 Å². The van der Waals surface area contributed by atoms with Crippen molar-refractivity contribution in [3.05, 3.63) is 18.4 Å². The number of thioether (sulfide) groups is 1. The molecule has 0 aliphatic rings. The Morgan fingerprint density at radius 1 is 1.30 bits per heavy atom. The van der Waals surface area contributed by atoms with Crippen molar-refractivity contribution < 1.29 is 9.21 Å². The molecule has 0 unspecified atom stereocenters. The van der Waals surface area contributed by atoms with Gasteiger partial charge in [0.1, 0.15) is 0 Å². The van der Waals surface area contributed by atoms with Crippen molar-refractivity contribution in [3.63, 3.8) is 0 Å². The Morgan fingerprint density at radius 3 is 2.52 bits per heavy atom. The number of amides is 1. The van der Waals surface area contributed by atoms with Crippen molar-refractivity contribution in [1.29, 1.82) is 0 Å². The minimum absolute atomic E-state index is 0.116. The molecule has 0 spiro atoms. The van der Waals surface area contributed by atoms with Gasteiger partial charge < -0.3 is 9.32 Å². The highest BCUT2D eigenvalue weighted by atomic mass is 32.2. The molecule has 7 heteroatoms. The lowest BCUT2D eigenvalue weighted by atomic mass is 10.2. The average Bonchev–Trinajstić information content (AvgIpc) is 3.12. The van der Waals surface area contributed by atoms with E-state index in [0.717, 1.165) is 11.7 Å². The fourth-order valence-corrected chi connectivity index (χ4v) is 3.51. The minimum Gasteiger partial charge on any atom is -0.461 e. The van der Waals surface area contributed by atoms with Gasteiger partial charge in [0, 0.05) is 18.6 Å². The Balaban J connectivity index is 2.11. The second-order valence-electron chi connectivity index (χ2n) is 5.80. The van der Waals surface area contributed by atoms with Crippen LogP contribution < -0.4 is 0 Å². The highest BCUT2D eigenvalue weighted by molar-refractivity contribution is 7.99. The Labute approximate surface area is 141 Å². The summed E-state index contributed by atoms with van der Waals surface area (Å²) in [6, 6.07) is 4.05. The van der Waals surface area contributed by atoms with Crippen LogP contribution in [-0.4, -0.2) is 43.4 Å². The maximum absolute atomic E-state index is 12.5. The second kappa shape index (κ2) is 7.68. The molecular weight excluding hydrogens is 312 g/mol. The highest BCUT2D eigenvalue weighted by Gasteiger charge is 2.22. The van der Waals surface area contributed by atoms with Gasteiger partial charge >= 0.3 is 0 Å². The summed E-state index contributed by atoms with van der Waals surface area (Å²) in [5.41, 5.74) is 0. The Hall–Kier alpha value is -1.76. The zero-order chi connectivity index (χ0) is 17.0.